The maximum Gasteiger partial charge on any atom is 0.338 e. The van der Waals surface area contributed by atoms with Crippen LogP contribution >= 0.6 is 0 Å². The second kappa shape index (κ2) is 8.14. The van der Waals surface area contributed by atoms with Crippen molar-refractivity contribution in [1.82, 2.24) is 5.32 Å². The van der Waals surface area contributed by atoms with E-state index in [9.17, 15) is 19.5 Å². The number of hydrogen-bond acceptors (Lipinski definition) is 6. The lowest BCUT2D eigenvalue weighted by Gasteiger charge is -2.18. The molecule has 7 nitrogen and oxygen atoms in total. The van der Waals surface area contributed by atoms with Gasteiger partial charge in [0.25, 0.3) is 11.8 Å². The van der Waals surface area contributed by atoms with Crippen LogP contribution in [0.2, 0.25) is 0 Å². The number of methoxy groups -OCH3 is 1. The number of imide groups is 1. The number of nitrogens with one attached hydrogen (secondary N) is 1. The molecule has 1 aromatic carbocycles. The molecule has 1 heterocycles. The van der Waals surface area contributed by atoms with Crippen LogP contribution in [0.1, 0.15) is 32.8 Å². The largest absolute Gasteiger partial charge is 0.487 e. The highest BCUT2D eigenvalue weighted by molar-refractivity contribution is 6.35. The molecule has 0 unspecified atom stereocenters. The quantitative estimate of drug-likeness (QED) is 0.563. The van der Waals surface area contributed by atoms with Crippen molar-refractivity contribution >= 4 is 23.4 Å². The molecule has 2 atom stereocenters. The number of esters is 1. The molecule has 140 valence electrons. The summed E-state index contributed by atoms with van der Waals surface area (Å²) in [5.74, 6) is -0.888. The average molecular weight is 361 g/mol. The normalized spacial score (nSPS) is 16.5. The summed E-state index contributed by atoms with van der Waals surface area (Å²) < 4.78 is 9.99. The summed E-state index contributed by atoms with van der Waals surface area (Å²) in [6.45, 7) is 5.50. The molecule has 0 bridgehead atoms. The summed E-state index contributed by atoms with van der Waals surface area (Å²) in [5.41, 5.74) is 1.46. The van der Waals surface area contributed by atoms with Gasteiger partial charge in [-0.15, -0.1) is 0 Å². The molecule has 1 aliphatic rings. The number of ether oxygens (including phenoxy) is 2. The number of carbonyl (C=O) groups is 3. The highest BCUT2D eigenvalue weighted by Crippen LogP contribution is 2.29. The summed E-state index contributed by atoms with van der Waals surface area (Å²) >= 11 is 0. The maximum absolute atomic E-state index is 12.1. The standard InChI is InChI=1S/C19H23NO6/c1-10(2)9-14-15(18(23)20-17(14)22)12-5-7-13(8-6-12)26-11(3)16(21)19(24)25-4/h5-8,10-11,16,21H,9H2,1-4H3,(H,20,22,23)/t11-,16-/m0/s1. The molecule has 26 heavy (non-hydrogen) atoms. The smallest absolute Gasteiger partial charge is 0.338 e. The van der Waals surface area contributed by atoms with Crippen LogP contribution in [-0.4, -0.2) is 42.2 Å². The Bertz CT molecular complexity index is 735. The lowest BCUT2D eigenvalue weighted by atomic mass is 9.95. The fourth-order valence-electron chi connectivity index (χ4n) is 2.69. The Morgan fingerprint density at radius 1 is 1.12 bits per heavy atom. The van der Waals surface area contributed by atoms with Crippen LogP contribution in [0.5, 0.6) is 5.75 Å². The zero-order valence-corrected chi connectivity index (χ0v) is 15.2. The molecule has 1 aromatic rings. The number of aliphatic hydroxyl groups excluding tert-OH is 1. The van der Waals surface area contributed by atoms with Gasteiger partial charge >= 0.3 is 5.97 Å². The molecule has 0 saturated carbocycles. The first kappa shape index (κ1) is 19.7. The average Bonchev–Trinajstić information content (AvgIpc) is 2.87. The fraction of sp³-hybridized carbons (Fsp3) is 0.421. The highest BCUT2D eigenvalue weighted by atomic mass is 16.6. The van der Waals surface area contributed by atoms with Crippen molar-refractivity contribution in [3.63, 3.8) is 0 Å². The SMILES string of the molecule is COC(=O)[C@@H](O)[C@H](C)Oc1ccc(C2=C(CC(C)C)C(=O)NC2=O)cc1. The van der Waals surface area contributed by atoms with Gasteiger partial charge in [0.2, 0.25) is 0 Å². The van der Waals surface area contributed by atoms with E-state index in [1.165, 1.54) is 7.11 Å². The van der Waals surface area contributed by atoms with Gasteiger partial charge in [0.1, 0.15) is 11.9 Å². The third kappa shape index (κ3) is 4.29. The van der Waals surface area contributed by atoms with Gasteiger partial charge in [0.15, 0.2) is 6.10 Å². The van der Waals surface area contributed by atoms with E-state index in [0.29, 0.717) is 28.9 Å². The molecule has 2 amide bonds. The van der Waals surface area contributed by atoms with Crippen LogP contribution in [0.25, 0.3) is 5.57 Å². The van der Waals surface area contributed by atoms with Crippen molar-refractivity contribution in [2.24, 2.45) is 5.92 Å². The number of carbonyl (C=O) groups excluding carboxylic acids is 3. The predicted molar refractivity (Wildman–Crippen MR) is 94.1 cm³/mol. The molecule has 2 N–H and O–H groups in total. The minimum absolute atomic E-state index is 0.236. The van der Waals surface area contributed by atoms with E-state index < -0.39 is 24.1 Å². The first-order valence-electron chi connectivity index (χ1n) is 8.36. The Balaban J connectivity index is 2.20. The number of amides is 2. The van der Waals surface area contributed by atoms with Crippen LogP contribution in [0.15, 0.2) is 29.8 Å². The summed E-state index contributed by atoms with van der Waals surface area (Å²) in [6.07, 6.45) is -1.70. The Morgan fingerprint density at radius 2 is 1.73 bits per heavy atom. The molecule has 2 rings (SSSR count). The Labute approximate surface area is 152 Å². The first-order valence-corrected chi connectivity index (χ1v) is 8.36. The first-order chi connectivity index (χ1) is 12.2. The van der Waals surface area contributed by atoms with Crippen LogP contribution in [-0.2, 0) is 19.1 Å². The van der Waals surface area contributed by atoms with Crippen molar-refractivity contribution in [3.05, 3.63) is 35.4 Å². The van der Waals surface area contributed by atoms with Crippen molar-refractivity contribution in [2.45, 2.75) is 39.4 Å². The molecule has 7 heteroatoms. The van der Waals surface area contributed by atoms with Gasteiger partial charge in [-0.1, -0.05) is 26.0 Å². The van der Waals surface area contributed by atoms with Gasteiger partial charge in [-0.25, -0.2) is 4.79 Å². The lowest BCUT2D eigenvalue weighted by Crippen LogP contribution is -2.36. The molecule has 0 aliphatic carbocycles. The Kier molecular flexibility index (Phi) is 6.15. The number of aliphatic hydroxyl groups is 1. The number of benzene rings is 1. The van der Waals surface area contributed by atoms with Crippen molar-refractivity contribution < 1.29 is 29.0 Å². The van der Waals surface area contributed by atoms with E-state index in [4.69, 9.17) is 4.74 Å². The molecule has 0 spiro atoms. The second-order valence-corrected chi connectivity index (χ2v) is 6.55. The highest BCUT2D eigenvalue weighted by Gasteiger charge is 2.31. The molecule has 1 aliphatic heterocycles. The third-order valence-corrected chi connectivity index (χ3v) is 3.99. The van der Waals surface area contributed by atoms with Crippen LogP contribution in [0.3, 0.4) is 0 Å². The maximum atomic E-state index is 12.1. The van der Waals surface area contributed by atoms with Gasteiger partial charge in [-0.2, -0.15) is 0 Å². The number of rotatable bonds is 7. The molecular formula is C19H23NO6. The van der Waals surface area contributed by atoms with Gasteiger partial charge in [0, 0.05) is 5.57 Å². The fourth-order valence-corrected chi connectivity index (χ4v) is 2.69. The molecule has 0 saturated heterocycles. The summed E-state index contributed by atoms with van der Waals surface area (Å²) in [4.78, 5) is 35.5. The number of hydrogen-bond donors (Lipinski definition) is 2. The van der Waals surface area contributed by atoms with E-state index >= 15 is 0 Å². The van der Waals surface area contributed by atoms with Crippen LogP contribution in [0, 0.1) is 5.92 Å². The van der Waals surface area contributed by atoms with Gasteiger partial charge in [-0.05, 0) is 37.0 Å². The summed E-state index contributed by atoms with van der Waals surface area (Å²) in [7, 11) is 1.18. The van der Waals surface area contributed by atoms with Crippen LogP contribution < -0.4 is 10.1 Å². The van der Waals surface area contributed by atoms with Gasteiger partial charge in [0.05, 0.1) is 12.7 Å². The Hall–Kier alpha value is -2.67. The molecule has 0 aromatic heterocycles. The molecular weight excluding hydrogens is 338 g/mol. The van der Waals surface area contributed by atoms with Gasteiger partial charge < -0.3 is 14.6 Å². The monoisotopic (exact) mass is 361 g/mol. The van der Waals surface area contributed by atoms with Crippen molar-refractivity contribution in [3.8, 4) is 5.75 Å². The second-order valence-electron chi connectivity index (χ2n) is 6.55. The van der Waals surface area contributed by atoms with Gasteiger partial charge in [-0.3, -0.25) is 14.9 Å². The predicted octanol–water partition coefficient (Wildman–Crippen LogP) is 1.44. The topological polar surface area (TPSA) is 102 Å². The van der Waals surface area contributed by atoms with E-state index in [-0.39, 0.29) is 11.8 Å². The van der Waals surface area contributed by atoms with E-state index in [0.717, 1.165) is 0 Å². The third-order valence-electron chi connectivity index (χ3n) is 3.99. The Morgan fingerprint density at radius 3 is 2.27 bits per heavy atom. The van der Waals surface area contributed by atoms with E-state index in [1.54, 1.807) is 31.2 Å². The van der Waals surface area contributed by atoms with Crippen LogP contribution in [0.4, 0.5) is 0 Å². The van der Waals surface area contributed by atoms with E-state index in [2.05, 4.69) is 10.1 Å². The molecule has 0 fully saturated rings. The van der Waals surface area contributed by atoms with Crippen molar-refractivity contribution in [1.29, 1.82) is 0 Å². The van der Waals surface area contributed by atoms with Crippen molar-refractivity contribution in [2.75, 3.05) is 7.11 Å². The lowest BCUT2D eigenvalue weighted by molar-refractivity contribution is -0.154. The summed E-state index contributed by atoms with van der Waals surface area (Å²) in [5, 5.41) is 12.1. The van der Waals surface area contributed by atoms with E-state index in [1.807, 2.05) is 13.8 Å². The zero-order chi connectivity index (χ0) is 19.4. The summed E-state index contributed by atoms with van der Waals surface area (Å²) in [6, 6.07) is 6.57. The minimum Gasteiger partial charge on any atom is -0.487 e. The minimum atomic E-state index is -1.40. The zero-order valence-electron chi connectivity index (χ0n) is 15.2. The molecule has 0 radical (unpaired) electrons.